The number of benzene rings is 2. The molecule has 2 aromatic carbocycles. The van der Waals surface area contributed by atoms with Crippen LogP contribution in [0.25, 0.3) is 5.69 Å². The molecule has 4 rings (SSSR count). The lowest BCUT2D eigenvalue weighted by Gasteiger charge is -2.29. The van der Waals surface area contributed by atoms with Crippen molar-refractivity contribution < 1.29 is 19.0 Å². The Hall–Kier alpha value is -3.76. The average molecular weight is 524 g/mol. The Kier molecular flexibility index (Phi) is 8.43. The second-order valence-corrected chi connectivity index (χ2v) is 9.87. The van der Waals surface area contributed by atoms with E-state index >= 15 is 0 Å². The summed E-state index contributed by atoms with van der Waals surface area (Å²) in [5.74, 6) is -0.206. The zero-order chi connectivity index (χ0) is 27.3. The number of hydrogen-bond donors (Lipinski definition) is 4. The Morgan fingerprint density at radius 2 is 2.00 bits per heavy atom. The topological polar surface area (TPSA) is 118 Å². The number of aliphatic hydroxyl groups excluding tert-OH is 1. The van der Waals surface area contributed by atoms with Crippen LogP contribution < -0.4 is 26.2 Å². The van der Waals surface area contributed by atoms with E-state index in [1.165, 1.54) is 29.1 Å². The Morgan fingerprint density at radius 3 is 2.74 bits per heavy atom. The fourth-order valence-corrected chi connectivity index (χ4v) is 4.14. The number of para-hydroxylation sites is 1. The van der Waals surface area contributed by atoms with Crippen molar-refractivity contribution >= 4 is 11.7 Å². The summed E-state index contributed by atoms with van der Waals surface area (Å²) in [5.41, 5.74) is 0.271. The van der Waals surface area contributed by atoms with Crippen LogP contribution in [-0.2, 0) is 5.54 Å². The molecule has 0 radical (unpaired) electrons. The van der Waals surface area contributed by atoms with E-state index in [2.05, 4.69) is 20.9 Å². The van der Waals surface area contributed by atoms with Crippen molar-refractivity contribution in [1.29, 1.82) is 0 Å². The van der Waals surface area contributed by atoms with Crippen LogP contribution in [0.15, 0.2) is 53.6 Å². The standard InChI is InChI=1S/C28H34FN5O4/c1-18-22(29)16-19(26(36)32-20-8-9-20)17-23(18)34-13-10-31-25(27(34)37)33-28(2,3)21-6-4-5-7-24(21)38-15-12-30-11-14-35/h4-7,10,13,16-17,20,30,35H,8-9,11-12,14-15H2,1-3H3,(H,31,33)(H,32,36). The number of nitrogens with one attached hydrogen (secondary N) is 3. The van der Waals surface area contributed by atoms with Gasteiger partial charge in [0.15, 0.2) is 5.82 Å². The molecule has 4 N–H and O–H groups in total. The second-order valence-electron chi connectivity index (χ2n) is 9.87. The Balaban J connectivity index is 1.61. The highest BCUT2D eigenvalue weighted by Gasteiger charge is 2.27. The summed E-state index contributed by atoms with van der Waals surface area (Å²) < 4.78 is 22.1. The third kappa shape index (κ3) is 6.38. The van der Waals surface area contributed by atoms with Crippen LogP contribution in [0.3, 0.4) is 0 Å². The molecule has 1 heterocycles. The number of nitrogens with zero attached hydrogens (tertiary/aromatic N) is 2. The molecule has 1 aliphatic rings. The summed E-state index contributed by atoms with van der Waals surface area (Å²) in [6.07, 6.45) is 4.75. The molecular weight excluding hydrogens is 489 g/mol. The van der Waals surface area contributed by atoms with Gasteiger partial charge in [-0.3, -0.25) is 14.2 Å². The normalized spacial score (nSPS) is 13.3. The summed E-state index contributed by atoms with van der Waals surface area (Å²) in [4.78, 5) is 30.4. The van der Waals surface area contributed by atoms with E-state index in [9.17, 15) is 14.0 Å². The van der Waals surface area contributed by atoms with Gasteiger partial charge in [-0.2, -0.15) is 0 Å². The van der Waals surface area contributed by atoms with Crippen LogP contribution in [0.2, 0.25) is 0 Å². The molecule has 38 heavy (non-hydrogen) atoms. The van der Waals surface area contributed by atoms with Crippen molar-refractivity contribution in [1.82, 2.24) is 20.2 Å². The largest absolute Gasteiger partial charge is 0.492 e. The van der Waals surface area contributed by atoms with E-state index in [1.807, 2.05) is 38.1 Å². The molecule has 1 aliphatic carbocycles. The summed E-state index contributed by atoms with van der Waals surface area (Å²) in [6, 6.07) is 10.4. The van der Waals surface area contributed by atoms with Crippen molar-refractivity contribution in [3.63, 3.8) is 0 Å². The lowest BCUT2D eigenvalue weighted by Crippen LogP contribution is -2.34. The Bertz CT molecular complexity index is 1350. The third-order valence-electron chi connectivity index (χ3n) is 6.41. The molecule has 0 aliphatic heterocycles. The van der Waals surface area contributed by atoms with Gasteiger partial charge < -0.3 is 25.8 Å². The zero-order valence-electron chi connectivity index (χ0n) is 21.9. The van der Waals surface area contributed by atoms with E-state index in [0.29, 0.717) is 25.4 Å². The number of ether oxygens (including phenoxy) is 1. The van der Waals surface area contributed by atoms with Gasteiger partial charge in [0.05, 0.1) is 17.8 Å². The first-order valence-electron chi connectivity index (χ1n) is 12.7. The van der Waals surface area contributed by atoms with Gasteiger partial charge in [-0.25, -0.2) is 9.37 Å². The van der Waals surface area contributed by atoms with Crippen molar-refractivity contribution in [3.8, 4) is 11.4 Å². The molecule has 1 saturated carbocycles. The molecule has 0 spiro atoms. The first-order chi connectivity index (χ1) is 18.2. The molecule has 0 unspecified atom stereocenters. The van der Waals surface area contributed by atoms with Gasteiger partial charge in [0, 0.05) is 48.2 Å². The number of aliphatic hydroxyl groups is 1. The summed E-state index contributed by atoms with van der Waals surface area (Å²) in [7, 11) is 0. The van der Waals surface area contributed by atoms with Crippen LogP contribution in [0.4, 0.5) is 10.2 Å². The van der Waals surface area contributed by atoms with Crippen molar-refractivity contribution in [2.45, 2.75) is 45.2 Å². The maximum atomic E-state index is 14.8. The van der Waals surface area contributed by atoms with Crippen molar-refractivity contribution in [2.24, 2.45) is 0 Å². The van der Waals surface area contributed by atoms with Gasteiger partial charge in [0.25, 0.3) is 11.5 Å². The predicted octanol–water partition coefficient (Wildman–Crippen LogP) is 2.88. The minimum Gasteiger partial charge on any atom is -0.492 e. The highest BCUT2D eigenvalue weighted by atomic mass is 19.1. The molecule has 0 saturated heterocycles. The molecule has 1 fully saturated rings. The first kappa shape index (κ1) is 27.3. The number of aromatic nitrogens is 2. The number of carbonyl (C=O) groups is 1. The summed E-state index contributed by atoms with van der Waals surface area (Å²) in [6.45, 7) is 6.90. The molecule has 1 aromatic heterocycles. The maximum absolute atomic E-state index is 14.8. The average Bonchev–Trinajstić information content (AvgIpc) is 3.71. The van der Waals surface area contributed by atoms with E-state index < -0.39 is 16.9 Å². The molecule has 1 amide bonds. The molecule has 10 heteroatoms. The highest BCUT2D eigenvalue weighted by molar-refractivity contribution is 5.95. The lowest BCUT2D eigenvalue weighted by molar-refractivity contribution is 0.0950. The smallest absolute Gasteiger partial charge is 0.297 e. The molecule has 0 atom stereocenters. The van der Waals surface area contributed by atoms with Gasteiger partial charge >= 0.3 is 0 Å². The quantitative estimate of drug-likeness (QED) is 0.270. The van der Waals surface area contributed by atoms with Gasteiger partial charge in [0.1, 0.15) is 18.2 Å². The van der Waals surface area contributed by atoms with E-state index in [1.54, 1.807) is 6.92 Å². The minimum atomic E-state index is -0.757. The van der Waals surface area contributed by atoms with Gasteiger partial charge in [0.2, 0.25) is 0 Å². The van der Waals surface area contributed by atoms with Gasteiger partial charge in [-0.1, -0.05) is 18.2 Å². The Labute approximate surface area is 221 Å². The maximum Gasteiger partial charge on any atom is 0.297 e. The van der Waals surface area contributed by atoms with Crippen molar-refractivity contribution in [2.75, 3.05) is 31.6 Å². The molecule has 202 valence electrons. The van der Waals surface area contributed by atoms with Crippen LogP contribution in [-0.4, -0.2) is 52.9 Å². The number of rotatable bonds is 12. The third-order valence-corrected chi connectivity index (χ3v) is 6.41. The number of hydrogen-bond acceptors (Lipinski definition) is 7. The first-order valence-corrected chi connectivity index (χ1v) is 12.7. The zero-order valence-corrected chi connectivity index (χ0v) is 21.9. The number of amides is 1. The van der Waals surface area contributed by atoms with Gasteiger partial charge in [-0.15, -0.1) is 0 Å². The predicted molar refractivity (Wildman–Crippen MR) is 144 cm³/mol. The molecule has 3 aromatic rings. The number of anilines is 1. The van der Waals surface area contributed by atoms with Gasteiger partial charge in [-0.05, 0) is 51.8 Å². The van der Waals surface area contributed by atoms with Crippen LogP contribution in [0.5, 0.6) is 5.75 Å². The second kappa shape index (κ2) is 11.7. The highest BCUT2D eigenvalue weighted by Crippen LogP contribution is 2.32. The summed E-state index contributed by atoms with van der Waals surface area (Å²) >= 11 is 0. The van der Waals surface area contributed by atoms with Crippen LogP contribution in [0, 0.1) is 12.7 Å². The molecule has 9 nitrogen and oxygen atoms in total. The molecule has 0 bridgehead atoms. The monoisotopic (exact) mass is 523 g/mol. The fraction of sp³-hybridized carbons (Fsp3) is 0.393. The Morgan fingerprint density at radius 1 is 1.24 bits per heavy atom. The van der Waals surface area contributed by atoms with E-state index in [0.717, 1.165) is 18.4 Å². The van der Waals surface area contributed by atoms with Crippen LogP contribution >= 0.6 is 0 Å². The van der Waals surface area contributed by atoms with E-state index in [-0.39, 0.29) is 41.2 Å². The SMILES string of the molecule is Cc1c(F)cc(C(=O)NC2CC2)cc1-n1ccnc(NC(C)(C)c2ccccc2OCCNCCO)c1=O. The summed E-state index contributed by atoms with van der Waals surface area (Å²) in [5, 5.41) is 18.1. The number of carbonyl (C=O) groups excluding carboxylic acids is 1. The fourth-order valence-electron chi connectivity index (χ4n) is 4.14. The lowest BCUT2D eigenvalue weighted by atomic mass is 9.93. The number of halogens is 1. The van der Waals surface area contributed by atoms with E-state index in [4.69, 9.17) is 9.84 Å². The minimum absolute atomic E-state index is 0.0548. The van der Waals surface area contributed by atoms with Crippen LogP contribution in [0.1, 0.15) is 48.2 Å². The molecular formula is C28H34FN5O4. The van der Waals surface area contributed by atoms with Crippen molar-refractivity contribution in [3.05, 3.63) is 81.7 Å².